The molecule has 1 fully saturated rings. The van der Waals surface area contributed by atoms with Gasteiger partial charge < -0.3 is 20.1 Å². The first-order chi connectivity index (χ1) is 10.6. The van der Waals surface area contributed by atoms with Gasteiger partial charge in [-0.1, -0.05) is 13.8 Å². The lowest BCUT2D eigenvalue weighted by atomic mass is 10.0. The molecule has 1 saturated carbocycles. The molecule has 1 rings (SSSR count). The summed E-state index contributed by atoms with van der Waals surface area (Å²) >= 11 is 0. The Labute approximate surface area is 159 Å². The number of ether oxygens (including phenoxy) is 2. The second-order valence-corrected chi connectivity index (χ2v) is 6.62. The molecule has 2 N–H and O–H groups in total. The van der Waals surface area contributed by atoms with Gasteiger partial charge in [-0.3, -0.25) is 4.99 Å². The largest absolute Gasteiger partial charge is 0.382 e. The molecule has 138 valence electrons. The average molecular weight is 441 g/mol. The van der Waals surface area contributed by atoms with Crippen LogP contribution in [-0.2, 0) is 9.47 Å². The quantitative estimate of drug-likeness (QED) is 0.212. The summed E-state index contributed by atoms with van der Waals surface area (Å²) in [5.41, 5.74) is 0.438. The maximum Gasteiger partial charge on any atom is 0.190 e. The maximum atomic E-state index is 5.58. The van der Waals surface area contributed by atoms with E-state index in [-0.39, 0.29) is 24.0 Å². The second kappa shape index (κ2) is 13.2. The molecule has 1 aliphatic rings. The highest BCUT2D eigenvalue weighted by Crippen LogP contribution is 2.48. The number of nitrogens with zero attached hydrogens (tertiary/aromatic N) is 1. The van der Waals surface area contributed by atoms with Crippen LogP contribution in [0.3, 0.4) is 0 Å². The lowest BCUT2D eigenvalue weighted by molar-refractivity contribution is 0.108. The first kappa shape index (κ1) is 22.9. The Morgan fingerprint density at radius 2 is 1.91 bits per heavy atom. The van der Waals surface area contributed by atoms with Crippen LogP contribution >= 0.6 is 24.0 Å². The first-order valence-electron chi connectivity index (χ1n) is 8.72. The molecule has 0 aromatic carbocycles. The summed E-state index contributed by atoms with van der Waals surface area (Å²) in [7, 11) is 1.82. The van der Waals surface area contributed by atoms with Gasteiger partial charge in [0.05, 0.1) is 0 Å². The van der Waals surface area contributed by atoms with E-state index >= 15 is 0 Å². The van der Waals surface area contributed by atoms with Crippen LogP contribution in [0.1, 0.15) is 46.5 Å². The number of nitrogens with one attached hydrogen (secondary N) is 2. The number of halogens is 1. The summed E-state index contributed by atoms with van der Waals surface area (Å²) in [6, 6.07) is 0. The number of aliphatic imine (C=N–C) groups is 1. The topological polar surface area (TPSA) is 54.9 Å². The van der Waals surface area contributed by atoms with Crippen LogP contribution in [0.5, 0.6) is 0 Å². The van der Waals surface area contributed by atoms with E-state index in [9.17, 15) is 0 Å². The van der Waals surface area contributed by atoms with Gasteiger partial charge in [-0.05, 0) is 43.9 Å². The molecule has 0 aromatic heterocycles. The molecular formula is C17H36IN3O2. The summed E-state index contributed by atoms with van der Waals surface area (Å²) in [6.07, 6.45) is 4.75. The Kier molecular flexibility index (Phi) is 13.2. The summed E-state index contributed by atoms with van der Waals surface area (Å²) < 4.78 is 11.0. The lowest BCUT2D eigenvalue weighted by Crippen LogP contribution is -2.41. The van der Waals surface area contributed by atoms with E-state index in [4.69, 9.17) is 9.47 Å². The van der Waals surface area contributed by atoms with Gasteiger partial charge >= 0.3 is 0 Å². The number of guanidine groups is 1. The van der Waals surface area contributed by atoms with Crippen LogP contribution in [0, 0.1) is 11.3 Å². The Balaban J connectivity index is 0.00000484. The molecule has 0 bridgehead atoms. The molecule has 0 unspecified atom stereocenters. The highest BCUT2D eigenvalue weighted by atomic mass is 127. The fourth-order valence-corrected chi connectivity index (χ4v) is 2.32. The van der Waals surface area contributed by atoms with Crippen molar-refractivity contribution in [2.45, 2.75) is 46.5 Å². The SMILES string of the molecule is CCOCCC1(CNC(=NC)NCCCOCC(C)C)CC1.I. The molecular weight excluding hydrogens is 405 g/mol. The van der Waals surface area contributed by atoms with E-state index in [2.05, 4.69) is 36.4 Å². The number of hydrogen-bond donors (Lipinski definition) is 2. The zero-order valence-corrected chi connectivity index (χ0v) is 17.7. The summed E-state index contributed by atoms with van der Waals surface area (Å²) in [5.74, 6) is 1.50. The normalized spacial score (nSPS) is 16.1. The third-order valence-corrected chi connectivity index (χ3v) is 4.00. The van der Waals surface area contributed by atoms with Crippen LogP contribution in [0.15, 0.2) is 4.99 Å². The first-order valence-corrected chi connectivity index (χ1v) is 8.72. The van der Waals surface area contributed by atoms with Gasteiger partial charge in [-0.25, -0.2) is 0 Å². The molecule has 0 saturated heterocycles. The fourth-order valence-electron chi connectivity index (χ4n) is 2.32. The van der Waals surface area contributed by atoms with Crippen molar-refractivity contribution in [3.05, 3.63) is 0 Å². The Bertz CT molecular complexity index is 321. The predicted octanol–water partition coefficient (Wildman–Crippen LogP) is 3.04. The highest BCUT2D eigenvalue weighted by Gasteiger charge is 2.41. The van der Waals surface area contributed by atoms with Crippen LogP contribution in [0.4, 0.5) is 0 Å². The van der Waals surface area contributed by atoms with Crippen LogP contribution < -0.4 is 10.6 Å². The Morgan fingerprint density at radius 1 is 1.17 bits per heavy atom. The molecule has 0 spiro atoms. The van der Waals surface area contributed by atoms with Crippen molar-refractivity contribution < 1.29 is 9.47 Å². The van der Waals surface area contributed by atoms with Crippen molar-refractivity contribution >= 4 is 29.9 Å². The van der Waals surface area contributed by atoms with Crippen molar-refractivity contribution in [2.24, 2.45) is 16.3 Å². The Hall–Kier alpha value is -0.0800. The van der Waals surface area contributed by atoms with E-state index < -0.39 is 0 Å². The molecule has 0 aromatic rings. The molecule has 0 amide bonds. The minimum atomic E-state index is 0. The lowest BCUT2D eigenvalue weighted by Gasteiger charge is -2.18. The van der Waals surface area contributed by atoms with Gasteiger partial charge in [0, 0.05) is 46.6 Å². The standard InChI is InChI=1S/C17H35N3O2.HI/c1-5-21-12-9-17(7-8-17)14-20-16(18-4)19-10-6-11-22-13-15(2)3;/h15H,5-14H2,1-4H3,(H2,18,19,20);1H. The minimum absolute atomic E-state index is 0. The minimum Gasteiger partial charge on any atom is -0.382 e. The molecule has 0 aliphatic heterocycles. The molecule has 1 aliphatic carbocycles. The van der Waals surface area contributed by atoms with Gasteiger partial charge in [-0.15, -0.1) is 24.0 Å². The monoisotopic (exact) mass is 441 g/mol. The van der Waals surface area contributed by atoms with E-state index in [0.717, 1.165) is 58.3 Å². The average Bonchev–Trinajstić information content (AvgIpc) is 3.26. The van der Waals surface area contributed by atoms with Crippen molar-refractivity contribution in [3.63, 3.8) is 0 Å². The second-order valence-electron chi connectivity index (χ2n) is 6.62. The predicted molar refractivity (Wildman–Crippen MR) is 108 cm³/mol. The van der Waals surface area contributed by atoms with Gasteiger partial charge in [0.1, 0.15) is 0 Å². The molecule has 0 radical (unpaired) electrons. The zero-order chi connectivity index (χ0) is 16.3. The summed E-state index contributed by atoms with van der Waals surface area (Å²) in [6.45, 7) is 11.6. The van der Waals surface area contributed by atoms with Gasteiger partial charge in [0.2, 0.25) is 0 Å². The van der Waals surface area contributed by atoms with Crippen molar-refractivity contribution in [1.29, 1.82) is 0 Å². The van der Waals surface area contributed by atoms with Crippen LogP contribution in [0.2, 0.25) is 0 Å². The smallest absolute Gasteiger partial charge is 0.190 e. The van der Waals surface area contributed by atoms with E-state index in [0.29, 0.717) is 11.3 Å². The van der Waals surface area contributed by atoms with Gasteiger partial charge in [0.15, 0.2) is 5.96 Å². The Morgan fingerprint density at radius 3 is 2.48 bits per heavy atom. The summed E-state index contributed by atoms with van der Waals surface area (Å²) in [5, 5.41) is 6.80. The zero-order valence-electron chi connectivity index (χ0n) is 15.3. The third kappa shape index (κ3) is 11.2. The molecule has 0 atom stereocenters. The maximum absolute atomic E-state index is 5.58. The van der Waals surface area contributed by atoms with E-state index in [1.807, 2.05) is 7.05 Å². The van der Waals surface area contributed by atoms with Gasteiger partial charge in [-0.2, -0.15) is 0 Å². The fraction of sp³-hybridized carbons (Fsp3) is 0.941. The third-order valence-electron chi connectivity index (χ3n) is 4.00. The molecule has 23 heavy (non-hydrogen) atoms. The van der Waals surface area contributed by atoms with Crippen molar-refractivity contribution in [2.75, 3.05) is 46.6 Å². The van der Waals surface area contributed by atoms with E-state index in [1.165, 1.54) is 12.8 Å². The van der Waals surface area contributed by atoms with Crippen molar-refractivity contribution in [3.8, 4) is 0 Å². The molecule has 0 heterocycles. The van der Waals surface area contributed by atoms with Crippen molar-refractivity contribution in [1.82, 2.24) is 10.6 Å². The molecule has 6 heteroatoms. The van der Waals surface area contributed by atoms with Gasteiger partial charge in [0.25, 0.3) is 0 Å². The number of hydrogen-bond acceptors (Lipinski definition) is 3. The summed E-state index contributed by atoms with van der Waals surface area (Å²) in [4.78, 5) is 4.28. The van der Waals surface area contributed by atoms with Crippen LogP contribution in [-0.4, -0.2) is 52.5 Å². The highest BCUT2D eigenvalue weighted by molar-refractivity contribution is 14.0. The van der Waals surface area contributed by atoms with Crippen LogP contribution in [0.25, 0.3) is 0 Å². The molecule has 5 nitrogen and oxygen atoms in total. The van der Waals surface area contributed by atoms with E-state index in [1.54, 1.807) is 0 Å². The number of rotatable bonds is 12.